The number of aromatic nitrogens is 2. The summed E-state index contributed by atoms with van der Waals surface area (Å²) in [6.45, 7) is 3.68. The molecule has 0 radical (unpaired) electrons. The summed E-state index contributed by atoms with van der Waals surface area (Å²) in [5.41, 5.74) is 0.885. The van der Waals surface area contributed by atoms with Crippen LogP contribution < -0.4 is 10.6 Å². The maximum absolute atomic E-state index is 12.9. The Bertz CT molecular complexity index is 896. The topological polar surface area (TPSA) is 107 Å². The fraction of sp³-hybridized carbons (Fsp3) is 0.500. The Morgan fingerprint density at radius 2 is 2.04 bits per heavy atom. The molecule has 28 heavy (non-hydrogen) atoms. The molecule has 2 aromatic rings. The van der Waals surface area contributed by atoms with Gasteiger partial charge in [0, 0.05) is 0 Å². The lowest BCUT2D eigenvalue weighted by Crippen LogP contribution is -2.50. The second-order valence-electron chi connectivity index (χ2n) is 8.01. The van der Waals surface area contributed by atoms with E-state index in [0.717, 1.165) is 28.8 Å². The first-order chi connectivity index (χ1) is 13.4. The number of rotatable bonds is 4. The zero-order valence-corrected chi connectivity index (χ0v) is 16.1. The van der Waals surface area contributed by atoms with Gasteiger partial charge in [0.05, 0.1) is 17.1 Å². The quantitative estimate of drug-likeness (QED) is 0.704. The van der Waals surface area contributed by atoms with Crippen LogP contribution in [0.3, 0.4) is 0 Å². The third-order valence-electron chi connectivity index (χ3n) is 5.87. The van der Waals surface area contributed by atoms with Crippen LogP contribution in [0.5, 0.6) is 0 Å². The molecule has 0 bridgehead atoms. The summed E-state index contributed by atoms with van der Waals surface area (Å²) in [4.78, 5) is 46.4. The number of imide groups is 1. The first-order valence-corrected chi connectivity index (χ1v) is 9.76. The summed E-state index contributed by atoms with van der Waals surface area (Å²) in [6, 6.07) is 6.76. The molecule has 3 N–H and O–H groups in total. The number of carbonyl (C=O) groups excluding carboxylic acids is 3. The lowest BCUT2D eigenvalue weighted by molar-refractivity contribution is -0.136. The maximum Gasteiger partial charge on any atom is 0.325 e. The van der Waals surface area contributed by atoms with Crippen molar-refractivity contribution in [1.29, 1.82) is 0 Å². The molecule has 1 saturated heterocycles. The molecular weight excluding hydrogens is 358 g/mol. The van der Waals surface area contributed by atoms with E-state index in [-0.39, 0.29) is 18.5 Å². The highest BCUT2D eigenvalue weighted by atomic mass is 16.2. The highest BCUT2D eigenvalue weighted by molar-refractivity contribution is 6.09. The minimum atomic E-state index is -0.825. The van der Waals surface area contributed by atoms with E-state index in [4.69, 9.17) is 0 Å². The molecule has 8 nitrogen and oxygen atoms in total. The van der Waals surface area contributed by atoms with Gasteiger partial charge in [-0.15, -0.1) is 0 Å². The molecule has 4 amide bonds. The monoisotopic (exact) mass is 383 g/mol. The number of urea groups is 1. The summed E-state index contributed by atoms with van der Waals surface area (Å²) < 4.78 is 0. The summed E-state index contributed by atoms with van der Waals surface area (Å²) in [6.07, 6.45) is 3.06. The van der Waals surface area contributed by atoms with Crippen molar-refractivity contribution in [3.05, 3.63) is 30.1 Å². The number of hydrogen-bond donors (Lipinski definition) is 3. The van der Waals surface area contributed by atoms with E-state index in [0.29, 0.717) is 24.6 Å². The molecule has 1 aromatic heterocycles. The highest BCUT2D eigenvalue weighted by Gasteiger charge is 2.52. The van der Waals surface area contributed by atoms with Crippen molar-refractivity contribution in [2.45, 2.75) is 51.1 Å². The van der Waals surface area contributed by atoms with Gasteiger partial charge in [-0.05, 0) is 50.7 Å². The molecule has 2 fully saturated rings. The molecule has 1 aromatic carbocycles. The molecule has 1 aliphatic carbocycles. The van der Waals surface area contributed by atoms with E-state index < -0.39 is 17.5 Å². The normalized spacial score (nSPS) is 25.9. The minimum Gasteiger partial charge on any atom is -0.345 e. The summed E-state index contributed by atoms with van der Waals surface area (Å²) in [7, 11) is 0. The largest absolute Gasteiger partial charge is 0.345 e. The fourth-order valence-electron chi connectivity index (χ4n) is 4.09. The number of H-pyrrole nitrogens is 1. The van der Waals surface area contributed by atoms with Crippen molar-refractivity contribution in [1.82, 2.24) is 25.5 Å². The lowest BCUT2D eigenvalue weighted by atomic mass is 9.77. The van der Waals surface area contributed by atoms with Gasteiger partial charge in [-0.2, -0.15) is 0 Å². The molecule has 2 aliphatic rings. The smallest absolute Gasteiger partial charge is 0.325 e. The number of nitrogens with one attached hydrogen (secondary N) is 3. The number of carbonyl (C=O) groups is 3. The number of aromatic amines is 1. The van der Waals surface area contributed by atoms with E-state index in [1.807, 2.05) is 31.2 Å². The van der Waals surface area contributed by atoms with Crippen molar-refractivity contribution in [2.24, 2.45) is 5.92 Å². The second kappa shape index (κ2) is 6.92. The van der Waals surface area contributed by atoms with Crippen molar-refractivity contribution in [3.63, 3.8) is 0 Å². The summed E-state index contributed by atoms with van der Waals surface area (Å²) >= 11 is 0. The first-order valence-electron chi connectivity index (χ1n) is 9.76. The number of imidazole rings is 1. The molecule has 2 heterocycles. The Hall–Kier alpha value is -2.90. The van der Waals surface area contributed by atoms with E-state index in [9.17, 15) is 14.4 Å². The third kappa shape index (κ3) is 3.23. The van der Waals surface area contributed by atoms with E-state index >= 15 is 0 Å². The molecule has 1 aliphatic heterocycles. The first kappa shape index (κ1) is 18.5. The fourth-order valence-corrected chi connectivity index (χ4v) is 4.09. The van der Waals surface area contributed by atoms with Gasteiger partial charge >= 0.3 is 6.03 Å². The van der Waals surface area contributed by atoms with E-state index in [1.54, 1.807) is 0 Å². The number of nitrogens with zero attached hydrogens (tertiary/aromatic N) is 2. The Kier molecular flexibility index (Phi) is 4.56. The van der Waals surface area contributed by atoms with E-state index in [1.165, 1.54) is 0 Å². The van der Waals surface area contributed by atoms with Gasteiger partial charge < -0.3 is 15.6 Å². The molecule has 148 valence electrons. The number of hydrogen-bond acceptors (Lipinski definition) is 4. The summed E-state index contributed by atoms with van der Waals surface area (Å²) in [5.74, 6) is 0.510. The van der Waals surface area contributed by atoms with Crippen LogP contribution in [0, 0.1) is 5.92 Å². The van der Waals surface area contributed by atoms with Crippen LogP contribution in [-0.4, -0.2) is 44.8 Å². The predicted molar refractivity (Wildman–Crippen MR) is 103 cm³/mol. The van der Waals surface area contributed by atoms with Gasteiger partial charge in [0.2, 0.25) is 5.91 Å². The number of amides is 4. The Morgan fingerprint density at radius 3 is 2.75 bits per heavy atom. The van der Waals surface area contributed by atoms with Gasteiger partial charge in [0.15, 0.2) is 0 Å². The molecule has 1 spiro atoms. The number of fused-ring (bicyclic) bond motifs is 1. The Balaban J connectivity index is 1.40. The van der Waals surface area contributed by atoms with Crippen LogP contribution >= 0.6 is 0 Å². The van der Waals surface area contributed by atoms with Crippen LogP contribution in [0.1, 0.15) is 51.4 Å². The molecule has 0 unspecified atom stereocenters. The number of para-hydroxylation sites is 2. The highest BCUT2D eigenvalue weighted by Crippen LogP contribution is 2.36. The average Bonchev–Trinajstić information content (AvgIpc) is 3.20. The zero-order chi connectivity index (χ0) is 19.9. The van der Waals surface area contributed by atoms with Crippen molar-refractivity contribution in [3.8, 4) is 0 Å². The SMILES string of the molecule is CC1CCC2(CC1)NC(=O)N(CC(=O)N[C@@H](C)c1nc3ccccc3[nH]1)C2=O. The van der Waals surface area contributed by atoms with Crippen molar-refractivity contribution in [2.75, 3.05) is 6.54 Å². The number of benzene rings is 1. The van der Waals surface area contributed by atoms with E-state index in [2.05, 4.69) is 27.5 Å². The van der Waals surface area contributed by atoms with Crippen LogP contribution in [0.15, 0.2) is 24.3 Å². The zero-order valence-electron chi connectivity index (χ0n) is 16.1. The van der Waals surface area contributed by atoms with Gasteiger partial charge in [-0.25, -0.2) is 9.78 Å². The Labute approximate surface area is 163 Å². The minimum absolute atomic E-state index is 0.282. The predicted octanol–water partition coefficient (Wildman–Crippen LogP) is 2.24. The van der Waals surface area contributed by atoms with Crippen molar-refractivity contribution >= 4 is 28.9 Å². The Morgan fingerprint density at radius 1 is 1.32 bits per heavy atom. The lowest BCUT2D eigenvalue weighted by Gasteiger charge is -2.33. The molecule has 4 rings (SSSR count). The van der Waals surface area contributed by atoms with Gasteiger partial charge in [0.1, 0.15) is 17.9 Å². The summed E-state index contributed by atoms with van der Waals surface area (Å²) in [5, 5.41) is 5.65. The van der Waals surface area contributed by atoms with Crippen LogP contribution in [0.25, 0.3) is 11.0 Å². The third-order valence-corrected chi connectivity index (χ3v) is 5.87. The van der Waals surface area contributed by atoms with Gasteiger partial charge in [0.25, 0.3) is 5.91 Å². The average molecular weight is 383 g/mol. The van der Waals surface area contributed by atoms with Crippen LogP contribution in [0.4, 0.5) is 4.79 Å². The maximum atomic E-state index is 12.9. The molecule has 1 saturated carbocycles. The van der Waals surface area contributed by atoms with Crippen molar-refractivity contribution < 1.29 is 14.4 Å². The van der Waals surface area contributed by atoms with Crippen LogP contribution in [-0.2, 0) is 9.59 Å². The molecular formula is C20H25N5O3. The van der Waals surface area contributed by atoms with Crippen LogP contribution in [0.2, 0.25) is 0 Å². The van der Waals surface area contributed by atoms with Gasteiger partial charge in [-0.3, -0.25) is 14.5 Å². The molecule has 1 atom stereocenters. The van der Waals surface area contributed by atoms with Gasteiger partial charge in [-0.1, -0.05) is 19.1 Å². The second-order valence-corrected chi connectivity index (χ2v) is 8.01. The molecule has 8 heteroatoms. The standard InChI is InChI=1S/C20H25N5O3/c1-12-7-9-20(10-8-12)18(27)25(19(28)24-20)11-16(26)21-13(2)17-22-14-5-3-4-6-15(14)23-17/h3-6,12-13H,7-11H2,1-2H3,(H,21,26)(H,22,23)(H,24,28)/t12?,13-,20?/m0/s1.